The van der Waals surface area contributed by atoms with Gasteiger partial charge in [0.05, 0.1) is 6.20 Å². The molecule has 0 amide bonds. The number of anilines is 1. The lowest BCUT2D eigenvalue weighted by molar-refractivity contribution is 0.392. The molecule has 0 radical (unpaired) electrons. The molecule has 1 unspecified atom stereocenters. The van der Waals surface area contributed by atoms with E-state index in [1.807, 2.05) is 17.9 Å². The topological polar surface area (TPSA) is 47.1 Å². The van der Waals surface area contributed by atoms with Gasteiger partial charge in [-0.3, -0.25) is 4.68 Å². The zero-order chi connectivity index (χ0) is 10.7. The van der Waals surface area contributed by atoms with E-state index >= 15 is 0 Å². The Balaban J connectivity index is 2.01. The van der Waals surface area contributed by atoms with E-state index in [1.165, 1.54) is 18.7 Å². The van der Waals surface area contributed by atoms with Gasteiger partial charge in [-0.1, -0.05) is 0 Å². The molecule has 4 heteroatoms. The van der Waals surface area contributed by atoms with Gasteiger partial charge in [0.2, 0.25) is 0 Å². The molecule has 1 fully saturated rings. The molecule has 0 bridgehead atoms. The molecule has 1 saturated heterocycles. The van der Waals surface area contributed by atoms with Crippen LogP contribution in [0.1, 0.15) is 19.3 Å². The van der Waals surface area contributed by atoms with Crippen LogP contribution in [0.4, 0.5) is 5.82 Å². The van der Waals surface area contributed by atoms with Crippen LogP contribution in [-0.4, -0.2) is 29.4 Å². The summed E-state index contributed by atoms with van der Waals surface area (Å²) in [5.41, 5.74) is 5.62. The fraction of sp³-hybridized carbons (Fsp3) is 0.727. The van der Waals surface area contributed by atoms with Crippen LogP contribution < -0.4 is 10.6 Å². The lowest BCUT2D eigenvalue weighted by atomic mass is 9.95. The predicted molar refractivity (Wildman–Crippen MR) is 61.8 cm³/mol. The number of aromatic nitrogens is 2. The van der Waals surface area contributed by atoms with E-state index in [2.05, 4.69) is 16.1 Å². The van der Waals surface area contributed by atoms with Gasteiger partial charge in [0, 0.05) is 26.2 Å². The quantitative estimate of drug-likeness (QED) is 0.805. The third-order valence-electron chi connectivity index (χ3n) is 3.21. The molecule has 84 valence electrons. The standard InChI is InChI=1S/C11H20N4/c1-14-11(5-7-13-14)15-8-2-3-10(9-15)4-6-12/h5,7,10H,2-4,6,8-9,12H2,1H3. The summed E-state index contributed by atoms with van der Waals surface area (Å²) in [5, 5.41) is 4.21. The van der Waals surface area contributed by atoms with Crippen LogP contribution >= 0.6 is 0 Å². The number of nitrogens with two attached hydrogens (primary N) is 1. The van der Waals surface area contributed by atoms with Crippen molar-refractivity contribution in [1.82, 2.24) is 9.78 Å². The summed E-state index contributed by atoms with van der Waals surface area (Å²) in [7, 11) is 2.00. The second-order valence-electron chi connectivity index (χ2n) is 4.34. The van der Waals surface area contributed by atoms with Crippen molar-refractivity contribution in [2.75, 3.05) is 24.5 Å². The molecule has 1 aliphatic rings. The number of rotatable bonds is 3. The molecule has 2 rings (SSSR count). The monoisotopic (exact) mass is 208 g/mol. The van der Waals surface area contributed by atoms with E-state index in [0.717, 1.165) is 32.0 Å². The average molecular weight is 208 g/mol. The molecule has 0 spiro atoms. The highest BCUT2D eigenvalue weighted by Crippen LogP contribution is 2.23. The van der Waals surface area contributed by atoms with Crippen molar-refractivity contribution >= 4 is 5.82 Å². The summed E-state index contributed by atoms with van der Waals surface area (Å²) in [5.74, 6) is 2.00. The van der Waals surface area contributed by atoms with Crippen LogP contribution in [0.3, 0.4) is 0 Å². The maximum Gasteiger partial charge on any atom is 0.126 e. The Hall–Kier alpha value is -1.03. The molecule has 1 aromatic rings. The normalized spacial score (nSPS) is 22.0. The molecule has 4 nitrogen and oxygen atoms in total. The molecule has 2 heterocycles. The van der Waals surface area contributed by atoms with Gasteiger partial charge in [-0.05, 0) is 31.7 Å². The molecule has 1 aromatic heterocycles. The highest BCUT2D eigenvalue weighted by atomic mass is 15.4. The van der Waals surface area contributed by atoms with Gasteiger partial charge in [-0.25, -0.2) is 0 Å². The van der Waals surface area contributed by atoms with E-state index in [1.54, 1.807) is 0 Å². The maximum absolute atomic E-state index is 5.62. The second kappa shape index (κ2) is 4.66. The second-order valence-corrected chi connectivity index (χ2v) is 4.34. The molecular formula is C11H20N4. The molecule has 1 aliphatic heterocycles. The summed E-state index contributed by atoms with van der Waals surface area (Å²) in [6.45, 7) is 3.10. The van der Waals surface area contributed by atoms with Gasteiger partial charge in [0.25, 0.3) is 0 Å². The Labute approximate surface area is 91.1 Å². The van der Waals surface area contributed by atoms with Crippen LogP contribution in [0.25, 0.3) is 0 Å². The summed E-state index contributed by atoms with van der Waals surface area (Å²) >= 11 is 0. The summed E-state index contributed by atoms with van der Waals surface area (Å²) in [6.07, 6.45) is 5.61. The maximum atomic E-state index is 5.62. The fourth-order valence-corrected chi connectivity index (χ4v) is 2.42. The Morgan fingerprint density at radius 1 is 1.60 bits per heavy atom. The van der Waals surface area contributed by atoms with Gasteiger partial charge in [0.1, 0.15) is 5.82 Å². The summed E-state index contributed by atoms with van der Waals surface area (Å²) < 4.78 is 1.95. The first kappa shape index (κ1) is 10.5. The number of piperidine rings is 1. The van der Waals surface area contributed by atoms with Crippen molar-refractivity contribution in [2.45, 2.75) is 19.3 Å². The van der Waals surface area contributed by atoms with E-state index in [0.29, 0.717) is 0 Å². The first-order valence-corrected chi connectivity index (χ1v) is 5.74. The molecule has 2 N–H and O–H groups in total. The van der Waals surface area contributed by atoms with Crippen molar-refractivity contribution in [2.24, 2.45) is 18.7 Å². The average Bonchev–Trinajstić information content (AvgIpc) is 2.65. The van der Waals surface area contributed by atoms with Crippen molar-refractivity contribution in [1.29, 1.82) is 0 Å². The SMILES string of the molecule is Cn1nccc1N1CCCC(CCN)C1. The Kier molecular flexibility index (Phi) is 3.26. The Morgan fingerprint density at radius 3 is 3.13 bits per heavy atom. The van der Waals surface area contributed by atoms with Crippen molar-refractivity contribution < 1.29 is 0 Å². The molecule has 1 atom stereocenters. The smallest absolute Gasteiger partial charge is 0.126 e. The minimum atomic E-state index is 0.763. The van der Waals surface area contributed by atoms with Crippen molar-refractivity contribution in [3.05, 3.63) is 12.3 Å². The zero-order valence-electron chi connectivity index (χ0n) is 9.39. The van der Waals surface area contributed by atoms with Gasteiger partial charge in [0.15, 0.2) is 0 Å². The van der Waals surface area contributed by atoms with Gasteiger partial charge in [-0.2, -0.15) is 5.10 Å². The van der Waals surface area contributed by atoms with E-state index < -0.39 is 0 Å². The van der Waals surface area contributed by atoms with E-state index in [9.17, 15) is 0 Å². The third kappa shape index (κ3) is 2.31. The predicted octanol–water partition coefficient (Wildman–Crippen LogP) is 0.985. The lowest BCUT2D eigenvalue weighted by Crippen LogP contribution is -2.37. The van der Waals surface area contributed by atoms with Gasteiger partial charge in [-0.15, -0.1) is 0 Å². The van der Waals surface area contributed by atoms with Crippen molar-refractivity contribution in [3.63, 3.8) is 0 Å². The lowest BCUT2D eigenvalue weighted by Gasteiger charge is -2.33. The van der Waals surface area contributed by atoms with E-state index in [4.69, 9.17) is 5.73 Å². The minimum Gasteiger partial charge on any atom is -0.357 e. The summed E-state index contributed by atoms with van der Waals surface area (Å²) in [6, 6.07) is 2.09. The van der Waals surface area contributed by atoms with Gasteiger partial charge < -0.3 is 10.6 Å². The third-order valence-corrected chi connectivity index (χ3v) is 3.21. The molecule has 0 aromatic carbocycles. The largest absolute Gasteiger partial charge is 0.357 e. The number of aryl methyl sites for hydroxylation is 1. The fourth-order valence-electron chi connectivity index (χ4n) is 2.42. The van der Waals surface area contributed by atoms with E-state index in [-0.39, 0.29) is 0 Å². The molecule has 15 heavy (non-hydrogen) atoms. The van der Waals surface area contributed by atoms with Crippen molar-refractivity contribution in [3.8, 4) is 0 Å². The Morgan fingerprint density at radius 2 is 2.47 bits per heavy atom. The first-order valence-electron chi connectivity index (χ1n) is 5.74. The molecule has 0 saturated carbocycles. The summed E-state index contributed by atoms with van der Waals surface area (Å²) in [4.78, 5) is 2.43. The zero-order valence-corrected chi connectivity index (χ0v) is 9.39. The number of hydrogen-bond donors (Lipinski definition) is 1. The van der Waals surface area contributed by atoms with Crippen LogP contribution in [0.2, 0.25) is 0 Å². The van der Waals surface area contributed by atoms with Crippen LogP contribution in [0, 0.1) is 5.92 Å². The van der Waals surface area contributed by atoms with Crippen LogP contribution in [0.15, 0.2) is 12.3 Å². The number of nitrogens with zero attached hydrogens (tertiary/aromatic N) is 3. The van der Waals surface area contributed by atoms with Gasteiger partial charge >= 0.3 is 0 Å². The molecule has 0 aliphatic carbocycles. The molecular weight excluding hydrogens is 188 g/mol. The minimum absolute atomic E-state index is 0.763. The van der Waals surface area contributed by atoms with Crippen LogP contribution in [-0.2, 0) is 7.05 Å². The van der Waals surface area contributed by atoms with Crippen LogP contribution in [0.5, 0.6) is 0 Å². The highest BCUT2D eigenvalue weighted by Gasteiger charge is 2.20. The number of hydrogen-bond acceptors (Lipinski definition) is 3. The highest BCUT2D eigenvalue weighted by molar-refractivity contribution is 5.38. The Bertz CT molecular complexity index is 305. The first-order chi connectivity index (χ1) is 7.31.